The lowest BCUT2D eigenvalue weighted by Gasteiger charge is -2.19. The number of aromatic nitrogens is 4. The highest BCUT2D eigenvalue weighted by Crippen LogP contribution is 2.31. The second kappa shape index (κ2) is 8.44. The van der Waals surface area contributed by atoms with Gasteiger partial charge >= 0.3 is 0 Å². The summed E-state index contributed by atoms with van der Waals surface area (Å²) in [5.41, 5.74) is 5.15. The number of nitrogens with one attached hydrogen (secondary N) is 2. The predicted molar refractivity (Wildman–Crippen MR) is 105 cm³/mol. The van der Waals surface area contributed by atoms with E-state index in [1.54, 1.807) is 6.20 Å². The third-order valence-electron chi connectivity index (χ3n) is 4.26. The summed E-state index contributed by atoms with van der Waals surface area (Å²) < 4.78 is 5.51. The molecular formula is C17H20Cl2N6O. The summed E-state index contributed by atoms with van der Waals surface area (Å²) in [5, 5.41) is 10.6. The predicted octanol–water partition coefficient (Wildman–Crippen LogP) is 3.03. The second-order valence-electron chi connectivity index (χ2n) is 5.72. The molecule has 3 aromatic heterocycles. The van der Waals surface area contributed by atoms with Gasteiger partial charge in [0, 0.05) is 37.2 Å². The van der Waals surface area contributed by atoms with Crippen LogP contribution >= 0.6 is 24.8 Å². The van der Waals surface area contributed by atoms with Crippen LogP contribution in [0.5, 0.6) is 0 Å². The van der Waals surface area contributed by atoms with Crippen molar-refractivity contribution in [2.45, 2.75) is 19.9 Å². The normalized spacial score (nSPS) is 12.5. The molecule has 0 saturated carbocycles. The van der Waals surface area contributed by atoms with Gasteiger partial charge < -0.3 is 15.2 Å². The molecule has 0 aromatic carbocycles. The Morgan fingerprint density at radius 1 is 1.23 bits per heavy atom. The third-order valence-corrected chi connectivity index (χ3v) is 4.26. The molecule has 0 saturated heterocycles. The van der Waals surface area contributed by atoms with E-state index in [0.29, 0.717) is 17.5 Å². The number of pyridine rings is 2. The first-order valence-electron chi connectivity index (χ1n) is 7.93. The molecule has 1 aliphatic heterocycles. The van der Waals surface area contributed by atoms with Gasteiger partial charge in [0.05, 0.1) is 5.56 Å². The summed E-state index contributed by atoms with van der Waals surface area (Å²) in [6, 6.07) is 3.76. The molecule has 0 bridgehead atoms. The van der Waals surface area contributed by atoms with Crippen molar-refractivity contribution in [1.82, 2.24) is 25.4 Å². The van der Waals surface area contributed by atoms with Crippen LogP contribution in [0.2, 0.25) is 0 Å². The number of halogens is 2. The van der Waals surface area contributed by atoms with Gasteiger partial charge in [-0.3, -0.25) is 4.98 Å². The molecule has 9 heteroatoms. The van der Waals surface area contributed by atoms with Crippen molar-refractivity contribution < 1.29 is 4.52 Å². The molecule has 2 N–H and O–H groups in total. The average Bonchev–Trinajstić information content (AvgIpc) is 3.11. The van der Waals surface area contributed by atoms with Crippen molar-refractivity contribution in [2.24, 2.45) is 0 Å². The molecule has 3 aromatic rings. The maximum absolute atomic E-state index is 5.51. The Kier molecular flexibility index (Phi) is 6.52. The molecule has 0 amide bonds. The Bertz CT molecular complexity index is 899. The van der Waals surface area contributed by atoms with Crippen molar-refractivity contribution in [3.63, 3.8) is 0 Å². The van der Waals surface area contributed by atoms with Gasteiger partial charge in [-0.15, -0.1) is 24.8 Å². The fraction of sp³-hybridized carbons (Fsp3) is 0.294. The first-order valence-corrected chi connectivity index (χ1v) is 7.93. The molecule has 0 spiro atoms. The van der Waals surface area contributed by atoms with Gasteiger partial charge in [-0.05, 0) is 43.1 Å². The standard InChI is InChI=1S/C17H18N6O.2ClH/c1-10-14(12-5-7-19-8-11(12)9-21-10)16-22-17(24-23-16)13-4-3-6-20-15(13)18-2;;/h3-4,6,9,19H,5,7-8H2,1-2H3,(H,18,20);2*1H. The SMILES string of the molecule is CNc1ncccc1-c1nc(-c2c(C)ncc3c2CCNC3)no1.Cl.Cl. The minimum absolute atomic E-state index is 0. The number of nitrogens with zero attached hydrogens (tertiary/aromatic N) is 4. The number of aryl methyl sites for hydroxylation is 1. The van der Waals surface area contributed by atoms with Gasteiger partial charge in [-0.2, -0.15) is 4.98 Å². The Morgan fingerprint density at radius 2 is 2.08 bits per heavy atom. The van der Waals surface area contributed by atoms with Gasteiger partial charge in [0.2, 0.25) is 5.82 Å². The van der Waals surface area contributed by atoms with E-state index in [4.69, 9.17) is 4.52 Å². The lowest BCUT2D eigenvalue weighted by Crippen LogP contribution is -2.24. The Morgan fingerprint density at radius 3 is 2.88 bits per heavy atom. The molecule has 0 fully saturated rings. The maximum Gasteiger partial charge on any atom is 0.261 e. The van der Waals surface area contributed by atoms with E-state index in [-0.39, 0.29) is 24.8 Å². The molecule has 1 aliphatic rings. The third kappa shape index (κ3) is 3.51. The van der Waals surface area contributed by atoms with E-state index in [9.17, 15) is 0 Å². The summed E-state index contributed by atoms with van der Waals surface area (Å²) in [6.07, 6.45) is 4.59. The highest BCUT2D eigenvalue weighted by molar-refractivity contribution is 5.85. The minimum atomic E-state index is 0. The smallest absolute Gasteiger partial charge is 0.261 e. The molecule has 0 unspecified atom stereocenters. The summed E-state index contributed by atoms with van der Waals surface area (Å²) in [4.78, 5) is 13.4. The Hall–Kier alpha value is -2.22. The van der Waals surface area contributed by atoms with Crippen LogP contribution in [-0.4, -0.2) is 33.7 Å². The molecule has 26 heavy (non-hydrogen) atoms. The van der Waals surface area contributed by atoms with E-state index in [2.05, 4.69) is 30.7 Å². The molecule has 4 rings (SSSR count). The molecule has 4 heterocycles. The van der Waals surface area contributed by atoms with Crippen molar-refractivity contribution in [2.75, 3.05) is 18.9 Å². The molecule has 0 radical (unpaired) electrons. The quantitative estimate of drug-likeness (QED) is 0.705. The monoisotopic (exact) mass is 394 g/mol. The first kappa shape index (κ1) is 20.1. The van der Waals surface area contributed by atoms with Crippen molar-refractivity contribution >= 4 is 30.6 Å². The number of hydrogen-bond donors (Lipinski definition) is 2. The van der Waals surface area contributed by atoms with Crippen LogP contribution < -0.4 is 10.6 Å². The minimum Gasteiger partial charge on any atom is -0.372 e. The summed E-state index contributed by atoms with van der Waals surface area (Å²) in [5.74, 6) is 1.75. The topological polar surface area (TPSA) is 88.8 Å². The van der Waals surface area contributed by atoms with Gasteiger partial charge in [-0.25, -0.2) is 4.98 Å². The molecular weight excluding hydrogens is 375 g/mol. The van der Waals surface area contributed by atoms with Gasteiger partial charge in [0.1, 0.15) is 5.82 Å². The van der Waals surface area contributed by atoms with Crippen molar-refractivity contribution in [3.8, 4) is 22.8 Å². The van der Waals surface area contributed by atoms with Crippen LogP contribution in [0.15, 0.2) is 29.0 Å². The second-order valence-corrected chi connectivity index (χ2v) is 5.72. The maximum atomic E-state index is 5.51. The Balaban J connectivity index is 0.00000121. The van der Waals surface area contributed by atoms with Gasteiger partial charge in [0.15, 0.2) is 0 Å². The fourth-order valence-electron chi connectivity index (χ4n) is 3.08. The van der Waals surface area contributed by atoms with Crippen molar-refractivity contribution in [3.05, 3.63) is 41.3 Å². The van der Waals surface area contributed by atoms with Crippen LogP contribution in [-0.2, 0) is 13.0 Å². The van der Waals surface area contributed by atoms with Crippen LogP contribution in [0.25, 0.3) is 22.8 Å². The van der Waals surface area contributed by atoms with Gasteiger partial charge in [-0.1, -0.05) is 5.16 Å². The van der Waals surface area contributed by atoms with E-state index < -0.39 is 0 Å². The zero-order chi connectivity index (χ0) is 16.5. The number of fused-ring (bicyclic) bond motifs is 1. The highest BCUT2D eigenvalue weighted by Gasteiger charge is 2.22. The van der Waals surface area contributed by atoms with E-state index in [1.807, 2.05) is 32.3 Å². The lowest BCUT2D eigenvalue weighted by molar-refractivity contribution is 0.432. The molecule has 0 aliphatic carbocycles. The lowest BCUT2D eigenvalue weighted by atomic mass is 9.95. The zero-order valence-electron chi connectivity index (χ0n) is 14.4. The largest absolute Gasteiger partial charge is 0.372 e. The summed E-state index contributed by atoms with van der Waals surface area (Å²) in [6.45, 7) is 3.75. The molecule has 138 valence electrons. The average molecular weight is 395 g/mol. The Labute approximate surface area is 163 Å². The number of hydrogen-bond acceptors (Lipinski definition) is 7. The van der Waals surface area contributed by atoms with E-state index in [1.165, 1.54) is 11.1 Å². The zero-order valence-corrected chi connectivity index (χ0v) is 16.1. The summed E-state index contributed by atoms with van der Waals surface area (Å²) in [7, 11) is 1.82. The number of anilines is 1. The summed E-state index contributed by atoms with van der Waals surface area (Å²) >= 11 is 0. The number of rotatable bonds is 3. The van der Waals surface area contributed by atoms with Crippen LogP contribution in [0.3, 0.4) is 0 Å². The van der Waals surface area contributed by atoms with Crippen LogP contribution in [0, 0.1) is 6.92 Å². The van der Waals surface area contributed by atoms with E-state index >= 15 is 0 Å². The highest BCUT2D eigenvalue weighted by atomic mass is 35.5. The van der Waals surface area contributed by atoms with Crippen LogP contribution in [0.1, 0.15) is 16.8 Å². The van der Waals surface area contributed by atoms with Gasteiger partial charge in [0.25, 0.3) is 5.89 Å². The fourth-order valence-corrected chi connectivity index (χ4v) is 3.08. The van der Waals surface area contributed by atoms with Crippen LogP contribution in [0.4, 0.5) is 5.82 Å². The van der Waals surface area contributed by atoms with Crippen molar-refractivity contribution in [1.29, 1.82) is 0 Å². The van der Waals surface area contributed by atoms with E-state index in [0.717, 1.165) is 36.3 Å². The molecule has 0 atom stereocenters. The molecule has 7 nitrogen and oxygen atoms in total. The first-order chi connectivity index (χ1) is 11.8.